The first-order valence-electron chi connectivity index (χ1n) is 3.98. The van der Waals surface area contributed by atoms with Crippen molar-refractivity contribution in [2.45, 2.75) is 5.51 Å². The van der Waals surface area contributed by atoms with Crippen LogP contribution in [-0.2, 0) is 10.0 Å². The minimum Gasteiger partial charge on any atom is -0.858 e. The van der Waals surface area contributed by atoms with Gasteiger partial charge in [-0.1, -0.05) is 28.1 Å². The SMILES string of the molecule is O=S(=O)(/N=C(\[O-])c1cccc(Br)c1)C(F)(F)F. The molecule has 94 valence electrons. The van der Waals surface area contributed by atoms with Gasteiger partial charge in [-0.15, -0.1) is 0 Å². The van der Waals surface area contributed by atoms with E-state index in [1.165, 1.54) is 12.1 Å². The first-order chi connectivity index (χ1) is 7.63. The van der Waals surface area contributed by atoms with Crippen LogP contribution in [0.1, 0.15) is 5.56 Å². The average molecular weight is 331 g/mol. The van der Waals surface area contributed by atoms with Crippen molar-refractivity contribution in [2.24, 2.45) is 4.40 Å². The van der Waals surface area contributed by atoms with E-state index in [1.54, 1.807) is 0 Å². The molecule has 0 spiro atoms. The summed E-state index contributed by atoms with van der Waals surface area (Å²) in [5, 5.41) is 11.2. The second kappa shape index (κ2) is 4.65. The molecule has 0 amide bonds. The minimum atomic E-state index is -5.80. The van der Waals surface area contributed by atoms with Gasteiger partial charge in [0.05, 0.1) is 0 Å². The van der Waals surface area contributed by atoms with E-state index in [0.717, 1.165) is 12.1 Å². The Kier molecular flexibility index (Phi) is 3.82. The summed E-state index contributed by atoms with van der Waals surface area (Å²) in [4.78, 5) is 0. The van der Waals surface area contributed by atoms with Crippen LogP contribution in [0, 0.1) is 0 Å². The topological polar surface area (TPSA) is 69.6 Å². The third kappa shape index (κ3) is 3.43. The molecule has 0 atom stereocenters. The van der Waals surface area contributed by atoms with Gasteiger partial charge in [-0.25, -0.2) is 0 Å². The largest absolute Gasteiger partial charge is 0.858 e. The molecule has 0 aliphatic carbocycles. The van der Waals surface area contributed by atoms with Crippen molar-refractivity contribution in [3.63, 3.8) is 0 Å². The Morgan fingerprint density at radius 2 is 1.94 bits per heavy atom. The van der Waals surface area contributed by atoms with E-state index >= 15 is 0 Å². The van der Waals surface area contributed by atoms with Crippen molar-refractivity contribution in [2.75, 3.05) is 0 Å². The number of hydrogen-bond donors (Lipinski definition) is 0. The maximum absolute atomic E-state index is 11.9. The first-order valence-corrected chi connectivity index (χ1v) is 6.21. The van der Waals surface area contributed by atoms with Gasteiger partial charge >= 0.3 is 15.5 Å². The minimum absolute atomic E-state index is 0.257. The van der Waals surface area contributed by atoms with Crippen LogP contribution in [0.3, 0.4) is 0 Å². The zero-order chi connectivity index (χ0) is 13.3. The van der Waals surface area contributed by atoms with Crippen LogP contribution in [0.2, 0.25) is 0 Å². The molecule has 0 unspecified atom stereocenters. The molecular formula is C8H4BrF3NO3S-. The number of halogens is 4. The second-order valence-corrected chi connectivity index (χ2v) is 5.34. The summed E-state index contributed by atoms with van der Waals surface area (Å²) < 4.78 is 59.6. The number of benzene rings is 1. The van der Waals surface area contributed by atoms with Crippen LogP contribution in [0.25, 0.3) is 0 Å². The van der Waals surface area contributed by atoms with Crippen LogP contribution >= 0.6 is 15.9 Å². The summed E-state index contributed by atoms with van der Waals surface area (Å²) in [6.07, 6.45) is 0. The smallest absolute Gasteiger partial charge is 0.518 e. The zero-order valence-corrected chi connectivity index (χ0v) is 10.3. The summed E-state index contributed by atoms with van der Waals surface area (Å²) in [6, 6.07) is 5.21. The van der Waals surface area contributed by atoms with Crippen molar-refractivity contribution >= 4 is 31.9 Å². The Morgan fingerprint density at radius 1 is 1.35 bits per heavy atom. The highest BCUT2D eigenvalue weighted by atomic mass is 79.9. The van der Waals surface area contributed by atoms with E-state index in [1.807, 2.05) is 0 Å². The van der Waals surface area contributed by atoms with Crippen LogP contribution in [0.4, 0.5) is 13.2 Å². The molecule has 1 rings (SSSR count). The molecule has 1 aromatic rings. The Labute approximate surface area is 103 Å². The molecule has 17 heavy (non-hydrogen) atoms. The zero-order valence-electron chi connectivity index (χ0n) is 7.90. The molecule has 0 saturated heterocycles. The Morgan fingerprint density at radius 3 is 2.41 bits per heavy atom. The molecule has 0 fully saturated rings. The Hall–Kier alpha value is -1.09. The van der Waals surface area contributed by atoms with Gasteiger partial charge in [0.1, 0.15) is 0 Å². The summed E-state index contributed by atoms with van der Waals surface area (Å²) in [5.41, 5.74) is -5.83. The van der Waals surface area contributed by atoms with E-state index in [4.69, 9.17) is 0 Å². The molecular weight excluding hydrogens is 327 g/mol. The van der Waals surface area contributed by atoms with Gasteiger partial charge in [0.15, 0.2) is 0 Å². The fourth-order valence-electron chi connectivity index (χ4n) is 0.835. The number of sulfonamides is 1. The molecule has 9 heteroatoms. The fraction of sp³-hybridized carbons (Fsp3) is 0.125. The molecule has 0 aromatic heterocycles. The summed E-state index contributed by atoms with van der Waals surface area (Å²) >= 11 is 2.98. The van der Waals surface area contributed by atoms with E-state index < -0.39 is 21.4 Å². The average Bonchev–Trinajstić information content (AvgIpc) is 2.15. The molecule has 0 aliphatic rings. The van der Waals surface area contributed by atoms with Crippen LogP contribution in [0.15, 0.2) is 33.1 Å². The van der Waals surface area contributed by atoms with Gasteiger partial charge in [0, 0.05) is 10.4 Å². The first kappa shape index (κ1) is 14.0. The summed E-state index contributed by atoms with van der Waals surface area (Å²) in [5.74, 6) is -1.47. The summed E-state index contributed by atoms with van der Waals surface area (Å²) in [7, 11) is -5.80. The normalized spacial score (nSPS) is 13.8. The molecule has 0 bridgehead atoms. The van der Waals surface area contributed by atoms with Gasteiger partial charge in [-0.05, 0) is 17.7 Å². The lowest BCUT2D eigenvalue weighted by atomic mass is 10.2. The van der Waals surface area contributed by atoms with Crippen molar-refractivity contribution in [3.8, 4) is 0 Å². The van der Waals surface area contributed by atoms with E-state index in [-0.39, 0.29) is 5.56 Å². The number of alkyl halides is 3. The van der Waals surface area contributed by atoms with Crippen molar-refractivity contribution in [3.05, 3.63) is 34.3 Å². The van der Waals surface area contributed by atoms with Gasteiger partial charge in [-0.2, -0.15) is 26.0 Å². The van der Waals surface area contributed by atoms with E-state index in [2.05, 4.69) is 20.3 Å². The maximum Gasteiger partial charge on any atom is 0.518 e. The lowest BCUT2D eigenvalue weighted by molar-refractivity contribution is -0.212. The summed E-state index contributed by atoms with van der Waals surface area (Å²) in [6.45, 7) is 0. The highest BCUT2D eigenvalue weighted by molar-refractivity contribution is 9.10. The van der Waals surface area contributed by atoms with Crippen LogP contribution in [0.5, 0.6) is 0 Å². The Bertz CT molecular complexity index is 553. The predicted octanol–water partition coefficient (Wildman–Crippen LogP) is 1.41. The molecule has 0 saturated carbocycles. The number of hydrogen-bond acceptors (Lipinski definition) is 3. The quantitative estimate of drug-likeness (QED) is 0.608. The predicted molar refractivity (Wildman–Crippen MR) is 55.7 cm³/mol. The van der Waals surface area contributed by atoms with Crippen molar-refractivity contribution in [1.29, 1.82) is 0 Å². The molecule has 0 N–H and O–H groups in total. The van der Waals surface area contributed by atoms with Crippen molar-refractivity contribution in [1.82, 2.24) is 0 Å². The number of nitrogens with zero attached hydrogens (tertiary/aromatic N) is 1. The molecule has 0 aliphatic heterocycles. The van der Waals surface area contributed by atoms with E-state index in [9.17, 15) is 26.7 Å². The van der Waals surface area contributed by atoms with Crippen LogP contribution < -0.4 is 5.11 Å². The van der Waals surface area contributed by atoms with Gasteiger partial charge in [0.25, 0.3) is 0 Å². The lowest BCUT2D eigenvalue weighted by Crippen LogP contribution is -2.27. The third-order valence-electron chi connectivity index (χ3n) is 1.57. The number of rotatable bonds is 2. The van der Waals surface area contributed by atoms with Gasteiger partial charge in [0.2, 0.25) is 0 Å². The van der Waals surface area contributed by atoms with Crippen LogP contribution in [-0.4, -0.2) is 19.8 Å². The van der Waals surface area contributed by atoms with Crippen molar-refractivity contribution < 1.29 is 26.7 Å². The highest BCUT2D eigenvalue weighted by Crippen LogP contribution is 2.25. The third-order valence-corrected chi connectivity index (χ3v) is 3.05. The molecule has 1 aromatic carbocycles. The highest BCUT2D eigenvalue weighted by Gasteiger charge is 2.45. The van der Waals surface area contributed by atoms with Gasteiger partial charge in [-0.3, -0.25) is 0 Å². The monoisotopic (exact) mass is 330 g/mol. The van der Waals surface area contributed by atoms with Gasteiger partial charge < -0.3 is 5.11 Å². The standard InChI is InChI=1S/C8H5BrF3NO3S/c9-6-3-1-2-5(4-6)7(14)13-17(15,16)8(10,11)12/h1-4H,(H,13,14)/p-1. The maximum atomic E-state index is 11.9. The fourth-order valence-corrected chi connectivity index (χ4v) is 1.66. The Balaban J connectivity index is 3.19. The lowest BCUT2D eigenvalue weighted by Gasteiger charge is -2.11. The molecule has 4 nitrogen and oxygen atoms in total. The second-order valence-electron chi connectivity index (χ2n) is 2.83. The van der Waals surface area contributed by atoms with E-state index in [0.29, 0.717) is 4.47 Å². The molecule has 0 radical (unpaired) electrons. The molecule has 0 heterocycles.